The van der Waals surface area contributed by atoms with Gasteiger partial charge in [0.2, 0.25) is 0 Å². The van der Waals surface area contributed by atoms with Gasteiger partial charge < -0.3 is 5.73 Å². The lowest BCUT2D eigenvalue weighted by Crippen LogP contribution is -2.40. The SMILES string of the molecule is Cl.NCC1CCN(S(=O)(=O)c2c(Cl)cccc2[N+](=O)[O-])CC1. The zero-order chi connectivity index (χ0) is 15.6. The Hall–Kier alpha value is -0.930. The Bertz CT molecular complexity index is 646. The highest BCUT2D eigenvalue weighted by Crippen LogP contribution is 2.34. The van der Waals surface area contributed by atoms with E-state index in [2.05, 4.69) is 0 Å². The van der Waals surface area contributed by atoms with Gasteiger partial charge in [0.05, 0.1) is 9.95 Å². The van der Waals surface area contributed by atoms with Crippen molar-refractivity contribution in [2.75, 3.05) is 19.6 Å². The van der Waals surface area contributed by atoms with Gasteiger partial charge in [-0.05, 0) is 31.4 Å². The molecule has 0 aromatic heterocycles. The molecular formula is C12H17Cl2N3O4S. The first-order valence-electron chi connectivity index (χ1n) is 6.51. The van der Waals surface area contributed by atoms with Crippen LogP contribution in [-0.4, -0.2) is 37.3 Å². The summed E-state index contributed by atoms with van der Waals surface area (Å²) in [7, 11) is -3.98. The van der Waals surface area contributed by atoms with E-state index in [1.165, 1.54) is 16.4 Å². The summed E-state index contributed by atoms with van der Waals surface area (Å²) in [6, 6.07) is 3.85. The second kappa shape index (κ2) is 7.56. The third kappa shape index (κ3) is 3.69. The molecule has 0 bridgehead atoms. The summed E-state index contributed by atoms with van der Waals surface area (Å²) >= 11 is 5.90. The molecule has 0 unspecified atom stereocenters. The maximum Gasteiger partial charge on any atom is 0.290 e. The van der Waals surface area contributed by atoms with E-state index >= 15 is 0 Å². The van der Waals surface area contributed by atoms with E-state index < -0.39 is 25.5 Å². The number of hydrogen-bond acceptors (Lipinski definition) is 5. The third-order valence-corrected chi connectivity index (χ3v) is 6.06. The quantitative estimate of drug-likeness (QED) is 0.645. The van der Waals surface area contributed by atoms with E-state index in [0.717, 1.165) is 6.07 Å². The fourth-order valence-corrected chi connectivity index (χ4v) is 4.54. The molecule has 1 fully saturated rings. The highest BCUT2D eigenvalue weighted by atomic mass is 35.5. The number of nitrogens with zero attached hydrogens (tertiary/aromatic N) is 2. The first-order chi connectivity index (χ1) is 9.87. The van der Waals surface area contributed by atoms with Gasteiger partial charge in [-0.3, -0.25) is 10.1 Å². The Balaban J connectivity index is 0.00000242. The summed E-state index contributed by atoms with van der Waals surface area (Å²) in [6.45, 7) is 1.11. The van der Waals surface area contributed by atoms with E-state index in [4.69, 9.17) is 17.3 Å². The smallest absolute Gasteiger partial charge is 0.290 e. The average Bonchev–Trinajstić information content (AvgIpc) is 2.46. The molecule has 2 N–H and O–H groups in total. The van der Waals surface area contributed by atoms with Crippen LogP contribution < -0.4 is 5.73 Å². The maximum absolute atomic E-state index is 12.6. The van der Waals surface area contributed by atoms with Crippen LogP contribution in [0, 0.1) is 16.0 Å². The summed E-state index contributed by atoms with van der Waals surface area (Å²) in [4.78, 5) is 9.89. The standard InChI is InChI=1S/C12H16ClN3O4S.ClH/c13-10-2-1-3-11(16(17)18)12(10)21(19,20)15-6-4-9(8-14)5-7-15;/h1-3,9H,4-8,14H2;1H. The third-order valence-electron chi connectivity index (χ3n) is 3.65. The van der Waals surface area contributed by atoms with Crippen LogP contribution >= 0.6 is 24.0 Å². The van der Waals surface area contributed by atoms with Gasteiger partial charge in [0.1, 0.15) is 0 Å². The number of rotatable bonds is 4. The molecule has 0 radical (unpaired) electrons. The number of benzene rings is 1. The van der Waals surface area contributed by atoms with Crippen molar-refractivity contribution in [2.24, 2.45) is 11.7 Å². The van der Waals surface area contributed by atoms with Crippen molar-refractivity contribution in [3.8, 4) is 0 Å². The topological polar surface area (TPSA) is 107 Å². The Labute approximate surface area is 140 Å². The molecule has 0 amide bonds. The lowest BCUT2D eigenvalue weighted by molar-refractivity contribution is -0.387. The second-order valence-corrected chi connectivity index (χ2v) is 7.21. The Morgan fingerprint density at radius 3 is 2.45 bits per heavy atom. The molecule has 1 aromatic rings. The lowest BCUT2D eigenvalue weighted by Gasteiger charge is -2.30. The predicted molar refractivity (Wildman–Crippen MR) is 85.9 cm³/mol. The zero-order valence-corrected chi connectivity index (χ0v) is 14.0. The average molecular weight is 370 g/mol. The van der Waals surface area contributed by atoms with Gasteiger partial charge in [-0.1, -0.05) is 17.7 Å². The highest BCUT2D eigenvalue weighted by Gasteiger charge is 2.35. The summed E-state index contributed by atoms with van der Waals surface area (Å²) < 4.78 is 26.5. The number of hydrogen-bond donors (Lipinski definition) is 1. The van der Waals surface area contributed by atoms with Crippen molar-refractivity contribution < 1.29 is 13.3 Å². The van der Waals surface area contributed by atoms with E-state index in [1.54, 1.807) is 0 Å². The summed E-state index contributed by atoms with van der Waals surface area (Å²) in [5, 5.41) is 10.9. The lowest BCUT2D eigenvalue weighted by atomic mass is 9.99. The van der Waals surface area contributed by atoms with Crippen molar-refractivity contribution in [1.29, 1.82) is 0 Å². The van der Waals surface area contributed by atoms with Crippen LogP contribution in [0.3, 0.4) is 0 Å². The zero-order valence-electron chi connectivity index (χ0n) is 11.6. The van der Waals surface area contributed by atoms with Crippen LogP contribution in [0.25, 0.3) is 0 Å². The molecule has 2 rings (SSSR count). The molecule has 1 saturated heterocycles. The minimum absolute atomic E-state index is 0. The monoisotopic (exact) mass is 369 g/mol. The van der Waals surface area contributed by atoms with Crippen LogP contribution in [0.4, 0.5) is 5.69 Å². The second-order valence-electron chi connectivity index (χ2n) is 4.93. The van der Waals surface area contributed by atoms with Gasteiger partial charge in [-0.2, -0.15) is 4.31 Å². The van der Waals surface area contributed by atoms with Gasteiger partial charge in [-0.15, -0.1) is 12.4 Å². The molecule has 0 spiro atoms. The summed E-state index contributed by atoms with van der Waals surface area (Å²) in [5.41, 5.74) is 5.08. The highest BCUT2D eigenvalue weighted by molar-refractivity contribution is 7.89. The molecule has 1 aliphatic heterocycles. The van der Waals surface area contributed by atoms with Crippen LogP contribution in [0.15, 0.2) is 23.1 Å². The molecule has 124 valence electrons. The molecule has 1 aromatic carbocycles. The largest absolute Gasteiger partial charge is 0.330 e. The number of nitrogens with two attached hydrogens (primary N) is 1. The van der Waals surface area contributed by atoms with Crippen LogP contribution in [0.1, 0.15) is 12.8 Å². The minimum atomic E-state index is -3.98. The normalized spacial score (nSPS) is 17.0. The van der Waals surface area contributed by atoms with Crippen LogP contribution in [0.2, 0.25) is 5.02 Å². The fraction of sp³-hybridized carbons (Fsp3) is 0.500. The maximum atomic E-state index is 12.6. The van der Waals surface area contributed by atoms with Gasteiger partial charge in [-0.25, -0.2) is 8.42 Å². The molecule has 10 heteroatoms. The summed E-state index contributed by atoms with van der Waals surface area (Å²) in [5.74, 6) is 0.290. The molecule has 1 heterocycles. The first-order valence-corrected chi connectivity index (χ1v) is 8.33. The molecule has 0 aliphatic carbocycles. The number of nitro groups is 1. The van der Waals surface area contributed by atoms with Gasteiger partial charge in [0.25, 0.3) is 15.7 Å². The molecule has 1 aliphatic rings. The van der Waals surface area contributed by atoms with Crippen LogP contribution in [-0.2, 0) is 10.0 Å². The van der Waals surface area contributed by atoms with E-state index in [1.807, 2.05) is 0 Å². The summed E-state index contributed by atoms with van der Waals surface area (Å²) in [6.07, 6.45) is 1.29. The molecular weight excluding hydrogens is 353 g/mol. The van der Waals surface area contributed by atoms with E-state index in [-0.39, 0.29) is 23.3 Å². The number of halogens is 2. The van der Waals surface area contributed by atoms with Crippen molar-refractivity contribution in [2.45, 2.75) is 17.7 Å². The minimum Gasteiger partial charge on any atom is -0.330 e. The molecule has 0 atom stereocenters. The Morgan fingerprint density at radius 2 is 1.95 bits per heavy atom. The fourth-order valence-electron chi connectivity index (χ4n) is 2.41. The predicted octanol–water partition coefficient (Wildman–Crippen LogP) is 2.03. The van der Waals surface area contributed by atoms with E-state index in [9.17, 15) is 18.5 Å². The van der Waals surface area contributed by atoms with Crippen molar-refractivity contribution >= 4 is 39.7 Å². The van der Waals surface area contributed by atoms with E-state index in [0.29, 0.717) is 32.5 Å². The van der Waals surface area contributed by atoms with Crippen LogP contribution in [0.5, 0.6) is 0 Å². The van der Waals surface area contributed by atoms with Gasteiger partial charge in [0.15, 0.2) is 4.90 Å². The van der Waals surface area contributed by atoms with Crippen molar-refractivity contribution in [3.05, 3.63) is 33.3 Å². The number of sulfonamides is 1. The molecule has 22 heavy (non-hydrogen) atoms. The van der Waals surface area contributed by atoms with Gasteiger partial charge >= 0.3 is 0 Å². The first kappa shape index (κ1) is 19.1. The Kier molecular flexibility index (Phi) is 6.57. The Morgan fingerprint density at radius 1 is 1.36 bits per heavy atom. The van der Waals surface area contributed by atoms with Crippen molar-refractivity contribution in [1.82, 2.24) is 4.31 Å². The molecule has 0 saturated carbocycles. The van der Waals surface area contributed by atoms with Gasteiger partial charge in [0, 0.05) is 19.2 Å². The number of piperidine rings is 1. The number of nitro benzene ring substituents is 1. The van der Waals surface area contributed by atoms with Crippen molar-refractivity contribution in [3.63, 3.8) is 0 Å². The molecule has 7 nitrogen and oxygen atoms in total.